The third kappa shape index (κ3) is 42.1. The van der Waals surface area contributed by atoms with E-state index in [1.165, 1.54) is 103 Å². The molecular formula is C48H90N2O6P+. The molecule has 3 N–H and O–H groups in total. The van der Waals surface area contributed by atoms with E-state index in [1.54, 1.807) is 6.08 Å². The number of likely N-dealkylation sites (N-methyl/N-ethyl adjacent to an activating group) is 1. The average Bonchev–Trinajstić information content (AvgIpc) is 3.16. The summed E-state index contributed by atoms with van der Waals surface area (Å²) in [6.07, 6.45) is 51.5. The maximum Gasteiger partial charge on any atom is 0.472 e. The molecule has 0 fully saturated rings. The van der Waals surface area contributed by atoms with E-state index in [4.69, 9.17) is 9.05 Å². The van der Waals surface area contributed by atoms with Crippen LogP contribution in [0, 0.1) is 0 Å². The number of carbonyl (C=O) groups is 1. The molecule has 1 amide bonds. The fourth-order valence-electron chi connectivity index (χ4n) is 6.22. The number of nitrogens with one attached hydrogen (secondary N) is 1. The van der Waals surface area contributed by atoms with Crippen molar-refractivity contribution < 1.29 is 32.9 Å². The van der Waals surface area contributed by atoms with Crippen molar-refractivity contribution in [3.8, 4) is 0 Å². The van der Waals surface area contributed by atoms with Gasteiger partial charge in [-0.3, -0.25) is 13.8 Å². The molecule has 9 heteroatoms. The SMILES string of the molecule is CCCCCC/C=C\C/C=C\CCCCCCCCCC(=O)NC(COP(=O)(O)OCC[N+](C)(C)C)C(O)/C=C/CC/C=C/CC/C=C/CCCCCCCCC. The Morgan fingerprint density at radius 3 is 1.53 bits per heavy atom. The summed E-state index contributed by atoms with van der Waals surface area (Å²) in [7, 11) is 1.53. The molecule has 0 saturated carbocycles. The van der Waals surface area contributed by atoms with Gasteiger partial charge in [-0.25, -0.2) is 4.57 Å². The molecule has 0 aromatic heterocycles. The number of carbonyl (C=O) groups excluding carboxylic acids is 1. The van der Waals surface area contributed by atoms with E-state index >= 15 is 0 Å². The van der Waals surface area contributed by atoms with Crippen LogP contribution < -0.4 is 5.32 Å². The van der Waals surface area contributed by atoms with Crippen LogP contribution >= 0.6 is 7.82 Å². The van der Waals surface area contributed by atoms with Gasteiger partial charge in [0.05, 0.1) is 39.9 Å². The Morgan fingerprint density at radius 1 is 0.596 bits per heavy atom. The first-order valence-corrected chi connectivity index (χ1v) is 24.7. The highest BCUT2D eigenvalue weighted by Gasteiger charge is 2.27. The number of rotatable bonds is 41. The van der Waals surface area contributed by atoms with Crippen molar-refractivity contribution in [1.29, 1.82) is 0 Å². The summed E-state index contributed by atoms with van der Waals surface area (Å²) in [5, 5.41) is 13.8. The van der Waals surface area contributed by atoms with Crippen molar-refractivity contribution in [1.82, 2.24) is 5.32 Å². The van der Waals surface area contributed by atoms with E-state index in [0.717, 1.165) is 64.2 Å². The quantitative estimate of drug-likeness (QED) is 0.0245. The Hall–Kier alpha value is -1.80. The molecule has 0 saturated heterocycles. The van der Waals surface area contributed by atoms with E-state index in [2.05, 4.69) is 67.8 Å². The van der Waals surface area contributed by atoms with Crippen molar-refractivity contribution in [2.24, 2.45) is 0 Å². The van der Waals surface area contributed by atoms with E-state index in [-0.39, 0.29) is 19.1 Å². The first-order valence-electron chi connectivity index (χ1n) is 23.2. The summed E-state index contributed by atoms with van der Waals surface area (Å²) in [5.74, 6) is -0.202. The third-order valence-electron chi connectivity index (χ3n) is 9.94. The highest BCUT2D eigenvalue weighted by molar-refractivity contribution is 7.47. The number of phosphoric ester groups is 1. The van der Waals surface area contributed by atoms with Crippen molar-refractivity contribution in [2.75, 3.05) is 40.9 Å². The van der Waals surface area contributed by atoms with Crippen molar-refractivity contribution in [3.63, 3.8) is 0 Å². The Bertz CT molecular complexity index is 1110. The van der Waals surface area contributed by atoms with Crippen LogP contribution in [0.25, 0.3) is 0 Å². The van der Waals surface area contributed by atoms with Crippen LogP contribution in [0.2, 0.25) is 0 Å². The molecule has 0 rings (SSSR count). The maximum atomic E-state index is 12.9. The summed E-state index contributed by atoms with van der Waals surface area (Å²) >= 11 is 0. The minimum absolute atomic E-state index is 0.0496. The molecule has 0 aromatic rings. The number of phosphoric acid groups is 1. The average molecular weight is 822 g/mol. The van der Waals surface area contributed by atoms with Crippen LogP contribution in [0.4, 0.5) is 0 Å². The van der Waals surface area contributed by atoms with Crippen LogP contribution in [-0.2, 0) is 18.4 Å². The predicted molar refractivity (Wildman–Crippen MR) is 244 cm³/mol. The van der Waals surface area contributed by atoms with Crippen LogP contribution in [-0.4, -0.2) is 73.4 Å². The lowest BCUT2D eigenvalue weighted by atomic mass is 10.1. The third-order valence-corrected chi connectivity index (χ3v) is 10.9. The van der Waals surface area contributed by atoms with Gasteiger partial charge in [-0.05, 0) is 77.0 Å². The Morgan fingerprint density at radius 2 is 1.02 bits per heavy atom. The van der Waals surface area contributed by atoms with Crippen molar-refractivity contribution in [3.05, 3.63) is 60.8 Å². The Kier molecular flexibility index (Phi) is 38.4. The highest BCUT2D eigenvalue weighted by atomic mass is 31.2. The first-order chi connectivity index (χ1) is 27.5. The van der Waals surface area contributed by atoms with Gasteiger partial charge in [0.25, 0.3) is 0 Å². The summed E-state index contributed by atoms with van der Waals surface area (Å²) in [4.78, 5) is 23.1. The van der Waals surface area contributed by atoms with Gasteiger partial charge in [-0.1, -0.05) is 164 Å². The van der Waals surface area contributed by atoms with Gasteiger partial charge in [-0.2, -0.15) is 0 Å². The van der Waals surface area contributed by atoms with Crippen LogP contribution in [0.5, 0.6) is 0 Å². The zero-order valence-electron chi connectivity index (χ0n) is 37.6. The number of aliphatic hydroxyl groups excluding tert-OH is 1. The molecule has 3 atom stereocenters. The second kappa shape index (κ2) is 39.6. The molecule has 3 unspecified atom stereocenters. The topological polar surface area (TPSA) is 105 Å². The highest BCUT2D eigenvalue weighted by Crippen LogP contribution is 2.43. The first kappa shape index (κ1) is 55.2. The molecule has 0 radical (unpaired) electrons. The number of aliphatic hydroxyl groups is 1. The molecule has 0 bridgehead atoms. The minimum Gasteiger partial charge on any atom is -0.387 e. The molecule has 332 valence electrons. The number of amides is 1. The monoisotopic (exact) mass is 822 g/mol. The number of hydrogen-bond donors (Lipinski definition) is 3. The summed E-state index contributed by atoms with van der Waals surface area (Å²) in [6.45, 7) is 4.74. The smallest absolute Gasteiger partial charge is 0.387 e. The maximum absolute atomic E-state index is 12.9. The van der Waals surface area contributed by atoms with Gasteiger partial charge < -0.3 is 19.8 Å². The minimum atomic E-state index is -4.35. The number of allylic oxidation sites excluding steroid dienone is 9. The van der Waals surface area contributed by atoms with Gasteiger partial charge in [0.1, 0.15) is 13.2 Å². The van der Waals surface area contributed by atoms with Gasteiger partial charge >= 0.3 is 7.82 Å². The van der Waals surface area contributed by atoms with Crippen LogP contribution in [0.3, 0.4) is 0 Å². The number of unbranched alkanes of at least 4 members (excludes halogenated alkanes) is 20. The molecule has 8 nitrogen and oxygen atoms in total. The number of quaternary nitrogens is 1. The molecule has 0 aliphatic heterocycles. The van der Waals surface area contributed by atoms with E-state index in [9.17, 15) is 19.4 Å². The van der Waals surface area contributed by atoms with E-state index < -0.39 is 20.0 Å². The van der Waals surface area contributed by atoms with E-state index in [1.807, 2.05) is 27.2 Å². The number of nitrogens with zero attached hydrogens (tertiary/aromatic N) is 1. The lowest BCUT2D eigenvalue weighted by Crippen LogP contribution is -2.45. The fraction of sp³-hybridized carbons (Fsp3) is 0.771. The fourth-order valence-corrected chi connectivity index (χ4v) is 6.95. The summed E-state index contributed by atoms with van der Waals surface area (Å²) in [5.41, 5.74) is 0. The molecule has 0 heterocycles. The zero-order valence-corrected chi connectivity index (χ0v) is 38.5. The molecule has 0 aromatic carbocycles. The summed E-state index contributed by atoms with van der Waals surface area (Å²) < 4.78 is 23.5. The Labute approximate surface area is 351 Å². The normalized spacial score (nSPS) is 14.9. The molecular weight excluding hydrogens is 732 g/mol. The van der Waals surface area contributed by atoms with Gasteiger partial charge in [-0.15, -0.1) is 0 Å². The predicted octanol–water partition coefficient (Wildman–Crippen LogP) is 13.0. The van der Waals surface area contributed by atoms with E-state index in [0.29, 0.717) is 17.4 Å². The number of hydrogen-bond acceptors (Lipinski definition) is 5. The lowest BCUT2D eigenvalue weighted by molar-refractivity contribution is -0.870. The molecule has 57 heavy (non-hydrogen) atoms. The van der Waals surface area contributed by atoms with Crippen LogP contribution in [0.1, 0.15) is 187 Å². The van der Waals surface area contributed by atoms with Crippen molar-refractivity contribution >= 4 is 13.7 Å². The van der Waals surface area contributed by atoms with Crippen LogP contribution in [0.15, 0.2) is 60.8 Å². The van der Waals surface area contributed by atoms with Crippen molar-refractivity contribution in [2.45, 2.75) is 199 Å². The molecule has 0 aliphatic carbocycles. The standard InChI is InChI=1S/C48H89N2O6P/c1-6-8-10-12-14-16-18-20-22-24-26-28-30-32-34-36-38-40-42-48(52)49-46(45-56-57(53,54)55-44-43-50(3,4)5)47(51)41-39-37-35-33-31-29-27-25-23-21-19-17-15-13-11-9-7-2/h16,18,22-25,31,33,39,41,46-47,51H,6-15,17,19-21,26-30,32,34-38,40,42-45H2,1-5H3,(H-,49,52,53,54)/p+1/b18-16-,24-22-,25-23+,33-31+,41-39+. The van der Waals surface area contributed by atoms with Gasteiger partial charge in [0.2, 0.25) is 5.91 Å². The largest absolute Gasteiger partial charge is 0.472 e. The van der Waals surface area contributed by atoms with Gasteiger partial charge in [0, 0.05) is 6.42 Å². The second-order valence-corrected chi connectivity index (χ2v) is 18.2. The van der Waals surface area contributed by atoms with Gasteiger partial charge in [0.15, 0.2) is 0 Å². The second-order valence-electron chi connectivity index (χ2n) is 16.8. The Balaban J connectivity index is 4.50. The zero-order chi connectivity index (χ0) is 42.1. The summed E-state index contributed by atoms with van der Waals surface area (Å²) in [6, 6.07) is -0.875. The molecule has 0 spiro atoms. The lowest BCUT2D eigenvalue weighted by Gasteiger charge is -2.25. The molecule has 0 aliphatic rings.